The van der Waals surface area contributed by atoms with Gasteiger partial charge in [-0.2, -0.15) is 0 Å². The standard InChI is InChI=1S/C25H28FN3O3/c1-15-13-25(2,3)28(4)21-12-22(32-5)17(10-18(15)21)11-20-23(30)29(24(31)27-20)14-16-8-6-7-9-19(16)26/h6-12,15H,13-14H2,1-5H3,(H,27,31)/b20-11+. The normalized spacial score (nSPS) is 21.1. The molecule has 1 fully saturated rings. The van der Waals surface area contributed by atoms with Gasteiger partial charge in [-0.15, -0.1) is 0 Å². The molecule has 7 heteroatoms. The SMILES string of the molecule is COc1cc2c(cc1/C=C1/NC(=O)N(Cc3ccccc3F)C1=O)C(C)CC(C)(C)N2C. The first-order valence-corrected chi connectivity index (χ1v) is 10.7. The highest BCUT2D eigenvalue weighted by Gasteiger charge is 2.36. The van der Waals surface area contributed by atoms with Gasteiger partial charge in [-0.1, -0.05) is 25.1 Å². The Balaban J connectivity index is 1.68. The molecule has 6 nitrogen and oxygen atoms in total. The van der Waals surface area contributed by atoms with Crippen LogP contribution in [0.25, 0.3) is 6.08 Å². The van der Waals surface area contributed by atoms with Crippen molar-refractivity contribution in [2.24, 2.45) is 0 Å². The molecule has 0 radical (unpaired) electrons. The van der Waals surface area contributed by atoms with Crippen LogP contribution in [0.15, 0.2) is 42.1 Å². The average Bonchev–Trinajstić information content (AvgIpc) is 3.00. The summed E-state index contributed by atoms with van der Waals surface area (Å²) in [6.45, 7) is 6.49. The molecule has 0 aromatic heterocycles. The van der Waals surface area contributed by atoms with E-state index in [1.807, 2.05) is 12.1 Å². The van der Waals surface area contributed by atoms with Crippen molar-refractivity contribution < 1.29 is 18.7 Å². The minimum absolute atomic E-state index is 0.0139. The Morgan fingerprint density at radius 3 is 2.66 bits per heavy atom. The summed E-state index contributed by atoms with van der Waals surface area (Å²) in [6, 6.07) is 9.54. The van der Waals surface area contributed by atoms with E-state index in [9.17, 15) is 14.0 Å². The molecular weight excluding hydrogens is 409 g/mol. The fourth-order valence-corrected chi connectivity index (χ4v) is 4.57. The summed E-state index contributed by atoms with van der Waals surface area (Å²) in [5.74, 6) is -0.0134. The number of halogens is 1. The number of anilines is 1. The minimum atomic E-state index is -0.573. The molecule has 0 bridgehead atoms. The van der Waals surface area contributed by atoms with E-state index in [1.54, 1.807) is 31.4 Å². The number of hydrogen-bond acceptors (Lipinski definition) is 4. The van der Waals surface area contributed by atoms with Crippen molar-refractivity contribution in [1.82, 2.24) is 10.2 Å². The molecule has 2 heterocycles. The fraction of sp³-hybridized carbons (Fsp3) is 0.360. The Bertz CT molecular complexity index is 1130. The summed E-state index contributed by atoms with van der Waals surface area (Å²) in [6.07, 6.45) is 2.62. The lowest BCUT2D eigenvalue weighted by Crippen LogP contribution is -2.45. The summed E-state index contributed by atoms with van der Waals surface area (Å²) in [4.78, 5) is 28.6. The molecule has 2 aromatic rings. The lowest BCUT2D eigenvalue weighted by atomic mass is 9.80. The zero-order chi connectivity index (χ0) is 23.2. The smallest absolute Gasteiger partial charge is 0.329 e. The van der Waals surface area contributed by atoms with Crippen molar-refractivity contribution in [2.45, 2.75) is 45.2 Å². The highest BCUT2D eigenvalue weighted by molar-refractivity contribution is 6.14. The predicted octanol–water partition coefficient (Wildman–Crippen LogP) is 4.65. The van der Waals surface area contributed by atoms with Gasteiger partial charge in [0, 0.05) is 35.5 Å². The van der Waals surface area contributed by atoms with Gasteiger partial charge >= 0.3 is 6.03 Å². The lowest BCUT2D eigenvalue weighted by molar-refractivity contribution is -0.123. The highest BCUT2D eigenvalue weighted by atomic mass is 19.1. The van der Waals surface area contributed by atoms with Crippen molar-refractivity contribution in [2.75, 3.05) is 19.1 Å². The van der Waals surface area contributed by atoms with E-state index in [4.69, 9.17) is 4.74 Å². The largest absolute Gasteiger partial charge is 0.496 e. The van der Waals surface area contributed by atoms with Gasteiger partial charge in [-0.25, -0.2) is 9.18 Å². The maximum atomic E-state index is 14.0. The van der Waals surface area contributed by atoms with Crippen LogP contribution < -0.4 is 15.0 Å². The molecule has 0 spiro atoms. The van der Waals surface area contributed by atoms with Crippen LogP contribution in [0.2, 0.25) is 0 Å². The van der Waals surface area contributed by atoms with Crippen molar-refractivity contribution in [3.8, 4) is 5.75 Å². The molecule has 1 saturated heterocycles. The average molecular weight is 438 g/mol. The van der Waals surface area contributed by atoms with E-state index in [1.165, 1.54) is 11.6 Å². The number of nitrogens with zero attached hydrogens (tertiary/aromatic N) is 2. The van der Waals surface area contributed by atoms with Gasteiger partial charge in [0.2, 0.25) is 0 Å². The van der Waals surface area contributed by atoms with E-state index < -0.39 is 17.8 Å². The Morgan fingerprint density at radius 2 is 1.97 bits per heavy atom. The molecule has 1 N–H and O–H groups in total. The first-order valence-electron chi connectivity index (χ1n) is 10.7. The number of carbonyl (C=O) groups is 2. The number of fused-ring (bicyclic) bond motifs is 1. The first kappa shape index (κ1) is 21.9. The number of rotatable bonds is 4. The third-order valence-electron chi connectivity index (χ3n) is 6.53. The lowest BCUT2D eigenvalue weighted by Gasteiger charge is -2.45. The van der Waals surface area contributed by atoms with Gasteiger partial charge in [0.05, 0.1) is 13.7 Å². The van der Waals surface area contributed by atoms with Crippen LogP contribution in [0.5, 0.6) is 5.75 Å². The van der Waals surface area contributed by atoms with Crippen molar-refractivity contribution in [3.05, 3.63) is 64.6 Å². The third kappa shape index (κ3) is 3.72. The second kappa shape index (κ2) is 7.97. The van der Waals surface area contributed by atoms with Crippen molar-refractivity contribution >= 4 is 23.7 Å². The Labute approximate surface area is 187 Å². The molecule has 1 unspecified atom stereocenters. The predicted molar refractivity (Wildman–Crippen MR) is 122 cm³/mol. The quantitative estimate of drug-likeness (QED) is 0.559. The molecule has 3 amide bonds. The zero-order valence-electron chi connectivity index (χ0n) is 19.0. The van der Waals surface area contributed by atoms with Crippen molar-refractivity contribution in [1.29, 1.82) is 0 Å². The van der Waals surface area contributed by atoms with E-state index in [0.717, 1.165) is 17.0 Å². The number of urea groups is 1. The van der Waals surface area contributed by atoms with Crippen LogP contribution in [-0.2, 0) is 11.3 Å². The molecule has 168 valence electrons. The van der Waals surface area contributed by atoms with E-state index in [2.05, 4.69) is 38.0 Å². The van der Waals surface area contributed by atoms with Gasteiger partial charge in [-0.05, 0) is 50.0 Å². The summed E-state index contributed by atoms with van der Waals surface area (Å²) in [5.41, 5.74) is 3.41. The molecule has 2 aromatic carbocycles. The van der Waals surface area contributed by atoms with E-state index in [-0.39, 0.29) is 23.3 Å². The third-order valence-corrected chi connectivity index (χ3v) is 6.53. The van der Waals surface area contributed by atoms with E-state index in [0.29, 0.717) is 17.2 Å². The Hall–Kier alpha value is -3.35. The highest BCUT2D eigenvalue weighted by Crippen LogP contribution is 2.45. The molecule has 2 aliphatic rings. The second-order valence-electron chi connectivity index (χ2n) is 9.10. The molecule has 1 atom stereocenters. The second-order valence-corrected chi connectivity index (χ2v) is 9.10. The maximum absolute atomic E-state index is 14.0. The number of benzene rings is 2. The topological polar surface area (TPSA) is 61.9 Å². The molecule has 0 saturated carbocycles. The number of hydrogen-bond donors (Lipinski definition) is 1. The zero-order valence-corrected chi connectivity index (χ0v) is 19.0. The molecule has 4 rings (SSSR count). The number of amides is 3. The van der Waals surface area contributed by atoms with E-state index >= 15 is 0 Å². The summed E-state index contributed by atoms with van der Waals surface area (Å²) < 4.78 is 19.6. The number of ether oxygens (including phenoxy) is 1. The number of nitrogens with one attached hydrogen (secondary N) is 1. The van der Waals surface area contributed by atoms with Gasteiger partial charge < -0.3 is 15.0 Å². The molecule has 2 aliphatic heterocycles. The summed E-state index contributed by atoms with van der Waals surface area (Å²) in [7, 11) is 3.66. The fourth-order valence-electron chi connectivity index (χ4n) is 4.57. The van der Waals surface area contributed by atoms with Gasteiger partial charge in [-0.3, -0.25) is 9.69 Å². The Morgan fingerprint density at radius 1 is 1.25 bits per heavy atom. The first-order chi connectivity index (χ1) is 15.1. The van der Waals surface area contributed by atoms with Crippen molar-refractivity contribution in [3.63, 3.8) is 0 Å². The van der Waals surface area contributed by atoms with Crippen LogP contribution in [0.3, 0.4) is 0 Å². The van der Waals surface area contributed by atoms with Crippen LogP contribution in [0.4, 0.5) is 14.9 Å². The van der Waals surface area contributed by atoms with Crippen LogP contribution >= 0.6 is 0 Å². The maximum Gasteiger partial charge on any atom is 0.329 e. The van der Waals surface area contributed by atoms with Crippen LogP contribution in [0, 0.1) is 5.82 Å². The number of methoxy groups -OCH3 is 1. The number of carbonyl (C=O) groups excluding carboxylic acids is 2. The summed E-state index contributed by atoms with van der Waals surface area (Å²) in [5, 5.41) is 2.62. The van der Waals surface area contributed by atoms with Gasteiger partial charge in [0.15, 0.2) is 0 Å². The minimum Gasteiger partial charge on any atom is -0.496 e. The summed E-state index contributed by atoms with van der Waals surface area (Å²) >= 11 is 0. The molecule has 32 heavy (non-hydrogen) atoms. The number of imide groups is 1. The van der Waals surface area contributed by atoms with Crippen LogP contribution in [-0.4, -0.2) is 36.5 Å². The van der Waals surface area contributed by atoms with Crippen LogP contribution in [0.1, 0.15) is 49.8 Å². The monoisotopic (exact) mass is 437 g/mol. The molecule has 0 aliphatic carbocycles. The Kier molecular flexibility index (Phi) is 5.44. The van der Waals surface area contributed by atoms with Gasteiger partial charge in [0.25, 0.3) is 5.91 Å². The molecular formula is C25H28FN3O3. The van der Waals surface area contributed by atoms with Gasteiger partial charge in [0.1, 0.15) is 17.3 Å².